The molecule has 0 aliphatic carbocycles. The van der Waals surface area contributed by atoms with E-state index < -0.39 is 11.9 Å². The van der Waals surface area contributed by atoms with E-state index in [4.69, 9.17) is 0 Å². The summed E-state index contributed by atoms with van der Waals surface area (Å²) < 4.78 is 13.1. The summed E-state index contributed by atoms with van der Waals surface area (Å²) in [5.74, 6) is -1.04. The Morgan fingerprint density at radius 2 is 1.80 bits per heavy atom. The molecule has 2 N–H and O–H groups in total. The Balaban J connectivity index is 1.55. The molecule has 2 amide bonds. The van der Waals surface area contributed by atoms with Gasteiger partial charge in [0, 0.05) is 24.7 Å². The lowest BCUT2D eigenvalue weighted by Crippen LogP contribution is -2.51. The van der Waals surface area contributed by atoms with Crippen LogP contribution in [0.4, 0.5) is 4.39 Å². The van der Waals surface area contributed by atoms with Gasteiger partial charge in [-0.3, -0.25) is 14.5 Å². The van der Waals surface area contributed by atoms with E-state index in [9.17, 15) is 14.0 Å². The number of rotatable bonds is 8. The molecule has 2 aromatic carbocycles. The average molecular weight is 412 g/mol. The Morgan fingerprint density at radius 3 is 2.47 bits per heavy atom. The summed E-state index contributed by atoms with van der Waals surface area (Å²) in [4.78, 5) is 27.7. The second kappa shape index (κ2) is 10.3. The van der Waals surface area contributed by atoms with E-state index in [0.717, 1.165) is 25.9 Å². The first-order valence-corrected chi connectivity index (χ1v) is 10.6. The van der Waals surface area contributed by atoms with Crippen LogP contribution >= 0.6 is 0 Å². The highest BCUT2D eigenvalue weighted by Crippen LogP contribution is 2.19. The zero-order chi connectivity index (χ0) is 21.5. The molecule has 2 aromatic rings. The van der Waals surface area contributed by atoms with Crippen LogP contribution in [0, 0.1) is 11.7 Å². The van der Waals surface area contributed by atoms with Gasteiger partial charge in [0.25, 0.3) is 5.91 Å². The number of nitrogens with one attached hydrogen (secondary N) is 2. The first-order chi connectivity index (χ1) is 14.4. The number of carbonyl (C=O) groups is 2. The third kappa shape index (κ3) is 5.89. The van der Waals surface area contributed by atoms with Crippen molar-refractivity contribution < 1.29 is 14.0 Å². The van der Waals surface area contributed by atoms with Gasteiger partial charge in [-0.05, 0) is 55.1 Å². The van der Waals surface area contributed by atoms with Crippen LogP contribution in [-0.4, -0.2) is 41.9 Å². The molecule has 1 aliphatic rings. The summed E-state index contributed by atoms with van der Waals surface area (Å²) >= 11 is 0. The number of nitrogens with zero attached hydrogens (tertiary/aromatic N) is 1. The standard InChI is InChI=1S/C24H30FN3O2/c1-17(2)22(27-23(29)19-10-12-20(25)13-11-19)24(30)26-15-21-9-6-14-28(21)16-18-7-4-3-5-8-18/h3-5,7-8,10-13,17,21-22H,6,9,14-16H2,1-2H3,(H,26,30)(H,27,29)/t21-,22+/m0/s1. The van der Waals surface area contributed by atoms with Crippen LogP contribution in [0.1, 0.15) is 42.6 Å². The molecule has 0 spiro atoms. The molecule has 5 nitrogen and oxygen atoms in total. The first-order valence-electron chi connectivity index (χ1n) is 10.6. The maximum absolute atomic E-state index is 13.1. The zero-order valence-electron chi connectivity index (χ0n) is 17.6. The quantitative estimate of drug-likeness (QED) is 0.700. The molecule has 1 heterocycles. The Morgan fingerprint density at radius 1 is 1.10 bits per heavy atom. The minimum atomic E-state index is -0.647. The topological polar surface area (TPSA) is 61.4 Å². The van der Waals surface area contributed by atoms with Crippen molar-refractivity contribution in [1.82, 2.24) is 15.5 Å². The van der Waals surface area contributed by atoms with Crippen LogP contribution in [-0.2, 0) is 11.3 Å². The fraction of sp³-hybridized carbons (Fsp3) is 0.417. The molecule has 160 valence electrons. The van der Waals surface area contributed by atoms with E-state index >= 15 is 0 Å². The maximum atomic E-state index is 13.1. The molecule has 0 radical (unpaired) electrons. The van der Waals surface area contributed by atoms with Crippen molar-refractivity contribution in [3.63, 3.8) is 0 Å². The number of likely N-dealkylation sites (tertiary alicyclic amines) is 1. The Hall–Kier alpha value is -2.73. The highest BCUT2D eigenvalue weighted by atomic mass is 19.1. The molecule has 1 saturated heterocycles. The van der Waals surface area contributed by atoms with Gasteiger partial charge >= 0.3 is 0 Å². The van der Waals surface area contributed by atoms with Crippen molar-refractivity contribution in [2.75, 3.05) is 13.1 Å². The van der Waals surface area contributed by atoms with Crippen molar-refractivity contribution in [3.8, 4) is 0 Å². The molecule has 30 heavy (non-hydrogen) atoms. The monoisotopic (exact) mass is 411 g/mol. The van der Waals surface area contributed by atoms with Gasteiger partial charge in [0.15, 0.2) is 0 Å². The second-order valence-corrected chi connectivity index (χ2v) is 8.20. The van der Waals surface area contributed by atoms with E-state index in [0.29, 0.717) is 12.1 Å². The SMILES string of the molecule is CC(C)[C@@H](NC(=O)c1ccc(F)cc1)C(=O)NC[C@@H]1CCCN1Cc1ccccc1. The third-order valence-electron chi connectivity index (χ3n) is 5.58. The second-order valence-electron chi connectivity index (χ2n) is 8.20. The number of hydrogen-bond donors (Lipinski definition) is 2. The number of benzene rings is 2. The highest BCUT2D eigenvalue weighted by Gasteiger charge is 2.28. The average Bonchev–Trinajstić information content (AvgIpc) is 3.18. The summed E-state index contributed by atoms with van der Waals surface area (Å²) in [6.45, 7) is 6.24. The number of carbonyl (C=O) groups excluding carboxylic acids is 2. The van der Waals surface area contributed by atoms with Crippen LogP contribution in [0.3, 0.4) is 0 Å². The van der Waals surface area contributed by atoms with Gasteiger partial charge in [-0.25, -0.2) is 4.39 Å². The highest BCUT2D eigenvalue weighted by molar-refractivity contribution is 5.97. The lowest BCUT2D eigenvalue weighted by molar-refractivity contribution is -0.124. The van der Waals surface area contributed by atoms with E-state index in [-0.39, 0.29) is 23.8 Å². The van der Waals surface area contributed by atoms with Crippen LogP contribution < -0.4 is 10.6 Å². The first kappa shape index (κ1) is 22.0. The van der Waals surface area contributed by atoms with Crippen molar-refractivity contribution >= 4 is 11.8 Å². The maximum Gasteiger partial charge on any atom is 0.251 e. The van der Waals surface area contributed by atoms with Crippen molar-refractivity contribution in [3.05, 3.63) is 71.5 Å². The molecule has 1 aliphatic heterocycles. The molecule has 2 atom stereocenters. The molecule has 0 bridgehead atoms. The number of amides is 2. The van der Waals surface area contributed by atoms with Crippen LogP contribution in [0.5, 0.6) is 0 Å². The summed E-state index contributed by atoms with van der Waals surface area (Å²) in [5, 5.41) is 5.82. The summed E-state index contributed by atoms with van der Waals surface area (Å²) in [6, 6.07) is 15.3. The Kier molecular flexibility index (Phi) is 7.57. The Labute approximate surface area is 177 Å². The third-order valence-corrected chi connectivity index (χ3v) is 5.58. The van der Waals surface area contributed by atoms with E-state index in [2.05, 4.69) is 27.7 Å². The molecule has 1 fully saturated rings. The normalized spacial score (nSPS) is 17.7. The molecule has 0 aromatic heterocycles. The van der Waals surface area contributed by atoms with Gasteiger partial charge < -0.3 is 10.6 Å². The van der Waals surface area contributed by atoms with E-state index in [1.54, 1.807) is 0 Å². The predicted octanol–water partition coefficient (Wildman–Crippen LogP) is 3.36. The largest absolute Gasteiger partial charge is 0.353 e. The van der Waals surface area contributed by atoms with Crippen LogP contribution in [0.2, 0.25) is 0 Å². The summed E-state index contributed by atoms with van der Waals surface area (Å²) in [7, 11) is 0. The molecule has 0 saturated carbocycles. The van der Waals surface area contributed by atoms with Gasteiger partial charge in [-0.1, -0.05) is 44.2 Å². The lowest BCUT2D eigenvalue weighted by atomic mass is 10.0. The van der Waals surface area contributed by atoms with Crippen molar-refractivity contribution in [1.29, 1.82) is 0 Å². The van der Waals surface area contributed by atoms with Crippen molar-refractivity contribution in [2.24, 2.45) is 5.92 Å². The van der Waals surface area contributed by atoms with Gasteiger partial charge in [0.05, 0.1) is 0 Å². The lowest BCUT2D eigenvalue weighted by Gasteiger charge is -2.27. The van der Waals surface area contributed by atoms with Crippen LogP contribution in [0.25, 0.3) is 0 Å². The van der Waals surface area contributed by atoms with Gasteiger partial charge in [-0.2, -0.15) is 0 Å². The van der Waals surface area contributed by atoms with Gasteiger partial charge in [0.1, 0.15) is 11.9 Å². The van der Waals surface area contributed by atoms with Gasteiger partial charge in [-0.15, -0.1) is 0 Å². The molecule has 3 rings (SSSR count). The minimum Gasteiger partial charge on any atom is -0.353 e. The van der Waals surface area contributed by atoms with E-state index in [1.165, 1.54) is 29.8 Å². The fourth-order valence-corrected chi connectivity index (χ4v) is 3.84. The molecule has 6 heteroatoms. The number of hydrogen-bond acceptors (Lipinski definition) is 3. The minimum absolute atomic E-state index is 0.0709. The summed E-state index contributed by atoms with van der Waals surface area (Å²) in [6.07, 6.45) is 2.16. The smallest absolute Gasteiger partial charge is 0.251 e. The van der Waals surface area contributed by atoms with Crippen molar-refractivity contribution in [2.45, 2.75) is 45.3 Å². The zero-order valence-corrected chi connectivity index (χ0v) is 17.6. The summed E-state index contributed by atoms with van der Waals surface area (Å²) in [5.41, 5.74) is 1.60. The predicted molar refractivity (Wildman–Crippen MR) is 115 cm³/mol. The molecular formula is C24H30FN3O2. The van der Waals surface area contributed by atoms with E-state index in [1.807, 2.05) is 32.0 Å². The van der Waals surface area contributed by atoms with Crippen LogP contribution in [0.15, 0.2) is 54.6 Å². The fourth-order valence-electron chi connectivity index (χ4n) is 3.84. The number of halogens is 1. The molecule has 0 unspecified atom stereocenters. The van der Waals surface area contributed by atoms with Gasteiger partial charge in [0.2, 0.25) is 5.91 Å². The molecular weight excluding hydrogens is 381 g/mol. The Bertz CT molecular complexity index is 839.